The van der Waals surface area contributed by atoms with E-state index in [1.54, 1.807) is 38.4 Å². The van der Waals surface area contributed by atoms with Gasteiger partial charge in [-0.05, 0) is 56.9 Å². The van der Waals surface area contributed by atoms with E-state index < -0.39 is 7.60 Å². The van der Waals surface area contributed by atoms with Crippen LogP contribution in [0.2, 0.25) is 0 Å². The zero-order chi connectivity index (χ0) is 26.7. The van der Waals surface area contributed by atoms with Gasteiger partial charge in [-0.3, -0.25) is 19.8 Å². The number of hydrogen-bond acceptors (Lipinski definition) is 8. The lowest BCUT2D eigenvalue weighted by Gasteiger charge is -2.32. The third kappa shape index (κ3) is 8.55. The van der Waals surface area contributed by atoms with Gasteiger partial charge in [-0.25, -0.2) is 0 Å². The van der Waals surface area contributed by atoms with Gasteiger partial charge in [-0.1, -0.05) is 12.1 Å². The maximum Gasteiger partial charge on any atom is 0.330 e. The van der Waals surface area contributed by atoms with Crippen LogP contribution >= 0.6 is 7.60 Å². The van der Waals surface area contributed by atoms with Gasteiger partial charge in [0.15, 0.2) is 0 Å². The number of amidine groups is 1. The Morgan fingerprint density at radius 2 is 1.84 bits per heavy atom. The molecule has 0 bridgehead atoms. The molecule has 1 aromatic heterocycles. The van der Waals surface area contributed by atoms with E-state index in [2.05, 4.69) is 15.2 Å². The summed E-state index contributed by atoms with van der Waals surface area (Å²) in [5.41, 5.74) is 8.12. The van der Waals surface area contributed by atoms with Crippen LogP contribution in [-0.2, 0) is 24.8 Å². The largest absolute Gasteiger partial charge is 0.491 e. The molecule has 0 saturated carbocycles. The number of hydrogen-bond donors (Lipinski definition) is 3. The first kappa shape index (κ1) is 28.6. The van der Waals surface area contributed by atoms with Crippen molar-refractivity contribution >= 4 is 25.0 Å². The zero-order valence-corrected chi connectivity index (χ0v) is 22.5. The standard InChI is InChI=1S/C26H38N5O5P/c1-3-35-37(33,36-4-2)18-11-20-5-6-22(25(27)28)19-24(20)34-17-14-30-26(32)21-9-15-31(16-10-21)23-7-12-29-13-8-23/h5-8,12-13,19,21H,3-4,9-11,14-18H2,1-2H3,(H3,27,28)(H,30,32). The van der Waals surface area contributed by atoms with E-state index in [4.69, 9.17) is 24.9 Å². The normalized spacial score (nSPS) is 14.4. The van der Waals surface area contributed by atoms with Gasteiger partial charge in [0, 0.05) is 42.7 Å². The lowest BCUT2D eigenvalue weighted by Crippen LogP contribution is -2.41. The third-order valence-electron chi connectivity index (χ3n) is 6.24. The molecule has 37 heavy (non-hydrogen) atoms. The number of anilines is 1. The molecular weight excluding hydrogens is 493 g/mol. The molecule has 1 amide bonds. The summed E-state index contributed by atoms with van der Waals surface area (Å²) in [6.07, 6.45) is 5.76. The Labute approximate surface area is 218 Å². The van der Waals surface area contributed by atoms with E-state index in [1.165, 1.54) is 0 Å². The number of pyridine rings is 1. The monoisotopic (exact) mass is 531 g/mol. The van der Waals surface area contributed by atoms with Crippen LogP contribution in [0.5, 0.6) is 5.75 Å². The number of nitrogens with two attached hydrogens (primary N) is 1. The minimum Gasteiger partial charge on any atom is -0.491 e. The molecular formula is C26H38N5O5P. The third-order valence-corrected chi connectivity index (χ3v) is 8.31. The van der Waals surface area contributed by atoms with E-state index in [0.717, 1.165) is 37.2 Å². The first-order valence-corrected chi connectivity index (χ1v) is 14.5. The lowest BCUT2D eigenvalue weighted by molar-refractivity contribution is -0.125. The average Bonchev–Trinajstić information content (AvgIpc) is 2.91. The fourth-order valence-electron chi connectivity index (χ4n) is 4.31. The zero-order valence-electron chi connectivity index (χ0n) is 21.7. The molecule has 2 aromatic rings. The fourth-order valence-corrected chi connectivity index (χ4v) is 5.95. The highest BCUT2D eigenvalue weighted by molar-refractivity contribution is 7.53. The summed E-state index contributed by atoms with van der Waals surface area (Å²) < 4.78 is 29.6. The Hall–Kier alpha value is -2.94. The highest BCUT2D eigenvalue weighted by Crippen LogP contribution is 2.48. The maximum absolute atomic E-state index is 12.9. The number of carbonyl (C=O) groups is 1. The van der Waals surface area contributed by atoms with Crippen LogP contribution in [0.15, 0.2) is 42.7 Å². The molecule has 1 fully saturated rings. The van der Waals surface area contributed by atoms with Crippen molar-refractivity contribution in [3.05, 3.63) is 53.9 Å². The summed E-state index contributed by atoms with van der Waals surface area (Å²) in [7, 11) is -3.21. The number of ether oxygens (including phenoxy) is 1. The number of piperidine rings is 1. The van der Waals surface area contributed by atoms with Crippen LogP contribution in [0.1, 0.15) is 37.8 Å². The Bertz CT molecular complexity index is 1070. The summed E-state index contributed by atoms with van der Waals surface area (Å²) in [4.78, 5) is 19.0. The highest BCUT2D eigenvalue weighted by Gasteiger charge is 2.26. The first-order chi connectivity index (χ1) is 17.8. The van der Waals surface area contributed by atoms with Gasteiger partial charge in [0.1, 0.15) is 18.2 Å². The number of nitrogens with zero attached hydrogens (tertiary/aromatic N) is 2. The van der Waals surface area contributed by atoms with Crippen LogP contribution in [0.4, 0.5) is 5.69 Å². The van der Waals surface area contributed by atoms with Gasteiger partial charge >= 0.3 is 7.60 Å². The number of aromatic nitrogens is 1. The van der Waals surface area contributed by atoms with Crippen molar-refractivity contribution in [1.29, 1.82) is 5.41 Å². The second kappa shape index (κ2) is 14.1. The Morgan fingerprint density at radius 3 is 2.46 bits per heavy atom. The SMILES string of the molecule is CCOP(=O)(CCc1ccc(C(=N)N)cc1OCCNC(=O)C1CCN(c2ccncc2)CC1)OCC. The molecule has 3 rings (SSSR count). The molecule has 1 aliphatic heterocycles. The molecule has 1 saturated heterocycles. The molecule has 4 N–H and O–H groups in total. The van der Waals surface area contributed by atoms with Gasteiger partial charge in [0.25, 0.3) is 0 Å². The van der Waals surface area contributed by atoms with Crippen molar-refractivity contribution < 1.29 is 23.1 Å². The molecule has 11 heteroatoms. The summed E-state index contributed by atoms with van der Waals surface area (Å²) in [5.74, 6) is 0.468. The number of nitrogen functional groups attached to an aromatic ring is 1. The summed E-state index contributed by atoms with van der Waals surface area (Å²) in [6, 6.07) is 9.21. The molecule has 2 heterocycles. The van der Waals surface area contributed by atoms with Crippen LogP contribution in [0.25, 0.3) is 0 Å². The Balaban J connectivity index is 1.51. The van der Waals surface area contributed by atoms with Crippen LogP contribution < -0.4 is 20.7 Å². The number of benzene rings is 1. The average molecular weight is 532 g/mol. The Morgan fingerprint density at radius 1 is 1.16 bits per heavy atom. The van der Waals surface area contributed by atoms with Crippen LogP contribution in [0, 0.1) is 11.3 Å². The van der Waals surface area contributed by atoms with E-state index in [0.29, 0.717) is 37.5 Å². The minimum atomic E-state index is -3.21. The number of nitrogens with one attached hydrogen (secondary N) is 2. The molecule has 1 aliphatic rings. The Kier molecular flexibility index (Phi) is 10.9. The van der Waals surface area contributed by atoms with E-state index in [1.807, 2.05) is 18.2 Å². The van der Waals surface area contributed by atoms with Gasteiger partial charge < -0.3 is 29.7 Å². The van der Waals surface area contributed by atoms with Crippen molar-refractivity contribution in [3.8, 4) is 5.75 Å². The second-order valence-electron chi connectivity index (χ2n) is 8.76. The fraction of sp³-hybridized carbons (Fsp3) is 0.500. The lowest BCUT2D eigenvalue weighted by atomic mass is 9.95. The van der Waals surface area contributed by atoms with E-state index >= 15 is 0 Å². The smallest absolute Gasteiger partial charge is 0.330 e. The predicted molar refractivity (Wildman–Crippen MR) is 145 cm³/mol. The van der Waals surface area contributed by atoms with Crippen LogP contribution in [-0.4, -0.2) is 62.3 Å². The molecule has 0 unspecified atom stereocenters. The van der Waals surface area contributed by atoms with Crippen molar-refractivity contribution in [2.45, 2.75) is 33.1 Å². The van der Waals surface area contributed by atoms with Gasteiger partial charge in [-0.2, -0.15) is 0 Å². The highest BCUT2D eigenvalue weighted by atomic mass is 31.2. The molecule has 0 aliphatic carbocycles. The van der Waals surface area contributed by atoms with Gasteiger partial charge in [0.05, 0.1) is 25.9 Å². The number of rotatable bonds is 14. The molecule has 202 valence electrons. The summed E-state index contributed by atoms with van der Waals surface area (Å²) in [6.45, 7) is 6.41. The summed E-state index contributed by atoms with van der Waals surface area (Å²) >= 11 is 0. The molecule has 0 atom stereocenters. The van der Waals surface area contributed by atoms with Crippen molar-refractivity contribution in [3.63, 3.8) is 0 Å². The first-order valence-electron chi connectivity index (χ1n) is 12.8. The van der Waals surface area contributed by atoms with Crippen LogP contribution in [0.3, 0.4) is 0 Å². The summed E-state index contributed by atoms with van der Waals surface area (Å²) in [5, 5.41) is 10.7. The van der Waals surface area contributed by atoms with Gasteiger partial charge in [-0.15, -0.1) is 0 Å². The molecule has 10 nitrogen and oxygen atoms in total. The quantitative estimate of drug-likeness (QED) is 0.145. The topological polar surface area (TPSA) is 140 Å². The van der Waals surface area contributed by atoms with Crippen molar-refractivity contribution in [1.82, 2.24) is 10.3 Å². The molecule has 0 spiro atoms. The van der Waals surface area contributed by atoms with E-state index in [-0.39, 0.29) is 30.4 Å². The number of aryl methyl sites for hydroxylation is 1. The minimum absolute atomic E-state index is 0.0269. The van der Waals surface area contributed by atoms with Gasteiger partial charge in [0.2, 0.25) is 5.91 Å². The second-order valence-corrected chi connectivity index (χ2v) is 10.9. The molecule has 1 aromatic carbocycles. The maximum atomic E-state index is 12.9. The number of carbonyl (C=O) groups excluding carboxylic acids is 1. The molecule has 0 radical (unpaired) electrons. The predicted octanol–water partition coefficient (Wildman–Crippen LogP) is 3.59. The van der Waals surface area contributed by atoms with Crippen molar-refractivity contribution in [2.75, 3.05) is 50.5 Å². The van der Waals surface area contributed by atoms with E-state index in [9.17, 15) is 9.36 Å². The van der Waals surface area contributed by atoms with Crippen molar-refractivity contribution in [2.24, 2.45) is 11.7 Å². The number of amides is 1.